The number of hydrogen-bond acceptors (Lipinski definition) is 3. The summed E-state index contributed by atoms with van der Waals surface area (Å²) >= 11 is 0. The van der Waals surface area contributed by atoms with Gasteiger partial charge in [0.25, 0.3) is 5.56 Å². The zero-order chi connectivity index (χ0) is 9.30. The minimum absolute atomic E-state index is 0.0569. The molecule has 0 radical (unpaired) electrons. The van der Waals surface area contributed by atoms with Crippen molar-refractivity contribution in [3.8, 4) is 0 Å². The molecule has 1 rings (SSSR count). The van der Waals surface area contributed by atoms with Gasteiger partial charge in [-0.3, -0.25) is 4.79 Å². The number of hydrogen-bond donors (Lipinski definition) is 1. The van der Waals surface area contributed by atoms with E-state index in [1.807, 2.05) is 0 Å². The van der Waals surface area contributed by atoms with Crippen molar-refractivity contribution in [2.45, 2.75) is 0 Å². The molecule has 1 N–H and O–H groups in total. The van der Waals surface area contributed by atoms with Crippen LogP contribution in [0.4, 0.5) is 9.28 Å². The lowest BCUT2D eigenvalue weighted by molar-refractivity contribution is 0.191. The highest BCUT2D eigenvalue weighted by Crippen LogP contribution is 1.76. The fourth-order valence-electron chi connectivity index (χ4n) is 0.602. The first kappa shape index (κ1) is 8.18. The van der Waals surface area contributed by atoms with E-state index < -0.39 is 22.1 Å². The number of carbonyl (C=O) groups is 1. The van der Waals surface area contributed by atoms with Crippen molar-refractivity contribution in [3.63, 3.8) is 0 Å². The number of nitrogens with zero attached hydrogens (tertiary/aromatic N) is 2. The maximum atomic E-state index is 12.4. The molecule has 0 aliphatic carbocycles. The van der Waals surface area contributed by atoms with Gasteiger partial charge in [-0.2, -0.15) is 0 Å². The van der Waals surface area contributed by atoms with E-state index in [1.165, 1.54) is 0 Å². The highest BCUT2D eigenvalue weighted by molar-refractivity contribution is 5.67. The van der Waals surface area contributed by atoms with Crippen LogP contribution in [0.25, 0.3) is 0 Å². The third kappa shape index (κ3) is 1.11. The number of rotatable bonds is 0. The standard InChI is InChI=1S/C5H3FN2O4/c6-8-3(9)1-2-7(4(8)10)5(11)12/h1-2H,(H,11,12). The molecule has 1 aromatic rings. The fraction of sp³-hybridized carbons (Fsp3) is 0. The Morgan fingerprint density at radius 2 is 2.08 bits per heavy atom. The average molecular weight is 174 g/mol. The molecule has 12 heavy (non-hydrogen) atoms. The Morgan fingerprint density at radius 3 is 2.58 bits per heavy atom. The summed E-state index contributed by atoms with van der Waals surface area (Å²) in [5, 5.41) is 8.26. The van der Waals surface area contributed by atoms with Crippen molar-refractivity contribution in [3.05, 3.63) is 33.1 Å². The Labute approximate surface area is 64.0 Å². The van der Waals surface area contributed by atoms with Gasteiger partial charge in [0.2, 0.25) is 0 Å². The Hall–Kier alpha value is -1.92. The van der Waals surface area contributed by atoms with Gasteiger partial charge in [-0.25, -0.2) is 14.2 Å². The summed E-state index contributed by atoms with van der Waals surface area (Å²) in [6, 6.07) is 0.634. The van der Waals surface area contributed by atoms with Gasteiger partial charge < -0.3 is 5.11 Å². The van der Waals surface area contributed by atoms with E-state index in [-0.39, 0.29) is 4.57 Å². The second-order valence-electron chi connectivity index (χ2n) is 1.87. The molecule has 7 heteroatoms. The Morgan fingerprint density at radius 1 is 1.50 bits per heavy atom. The Bertz CT molecular complexity index is 432. The van der Waals surface area contributed by atoms with Gasteiger partial charge in [0.15, 0.2) is 0 Å². The van der Waals surface area contributed by atoms with Crippen LogP contribution >= 0.6 is 0 Å². The number of halogens is 1. The molecule has 0 spiro atoms. The third-order valence-corrected chi connectivity index (χ3v) is 1.14. The Balaban J connectivity index is 3.58. The monoisotopic (exact) mass is 174 g/mol. The van der Waals surface area contributed by atoms with E-state index >= 15 is 0 Å². The van der Waals surface area contributed by atoms with Crippen LogP contribution in [0.1, 0.15) is 0 Å². The van der Waals surface area contributed by atoms with Crippen LogP contribution < -0.4 is 11.2 Å². The van der Waals surface area contributed by atoms with Gasteiger partial charge in [-0.05, 0) is 0 Å². The molecule has 0 unspecified atom stereocenters. The minimum Gasteiger partial charge on any atom is -0.464 e. The van der Waals surface area contributed by atoms with Gasteiger partial charge in [0.1, 0.15) is 0 Å². The highest BCUT2D eigenvalue weighted by Gasteiger charge is 2.08. The molecular formula is C5H3FN2O4. The normalized spacial score (nSPS) is 9.75. The van der Waals surface area contributed by atoms with Crippen LogP contribution in [-0.2, 0) is 0 Å². The average Bonchev–Trinajstić information content (AvgIpc) is 2.00. The summed E-state index contributed by atoms with van der Waals surface area (Å²) < 4.78 is 12.4. The fourth-order valence-corrected chi connectivity index (χ4v) is 0.602. The summed E-state index contributed by atoms with van der Waals surface area (Å²) in [5.74, 6) is 0. The van der Waals surface area contributed by atoms with Crippen molar-refractivity contribution < 1.29 is 14.4 Å². The van der Waals surface area contributed by atoms with Crippen LogP contribution in [0.15, 0.2) is 21.9 Å². The van der Waals surface area contributed by atoms with E-state index in [0.29, 0.717) is 12.3 Å². The van der Waals surface area contributed by atoms with E-state index in [1.54, 1.807) is 0 Å². The van der Waals surface area contributed by atoms with Gasteiger partial charge in [-0.15, -0.1) is 0 Å². The first-order chi connectivity index (χ1) is 5.54. The first-order valence-corrected chi connectivity index (χ1v) is 2.78. The van der Waals surface area contributed by atoms with Gasteiger partial charge in [-0.1, -0.05) is 9.27 Å². The van der Waals surface area contributed by atoms with Gasteiger partial charge >= 0.3 is 11.8 Å². The topological polar surface area (TPSA) is 81.3 Å². The first-order valence-electron chi connectivity index (χ1n) is 2.78. The maximum Gasteiger partial charge on any atom is 0.419 e. The molecule has 1 aromatic heterocycles. The highest BCUT2D eigenvalue weighted by atomic mass is 19.2. The molecule has 6 nitrogen and oxygen atoms in total. The molecule has 0 bridgehead atoms. The molecule has 64 valence electrons. The summed E-state index contributed by atoms with van der Waals surface area (Å²) in [4.78, 5) is 30.4. The zero-order valence-corrected chi connectivity index (χ0v) is 5.60. The zero-order valence-electron chi connectivity index (χ0n) is 5.60. The van der Waals surface area contributed by atoms with Crippen LogP contribution in [0.5, 0.6) is 0 Å². The van der Waals surface area contributed by atoms with E-state index in [4.69, 9.17) is 5.11 Å². The molecular weight excluding hydrogens is 171 g/mol. The quantitative estimate of drug-likeness (QED) is 0.562. The van der Waals surface area contributed by atoms with Crippen LogP contribution in [0.2, 0.25) is 0 Å². The van der Waals surface area contributed by atoms with Crippen molar-refractivity contribution >= 4 is 6.09 Å². The summed E-state index contributed by atoms with van der Waals surface area (Å²) in [7, 11) is 0. The van der Waals surface area contributed by atoms with Crippen LogP contribution in [0.3, 0.4) is 0 Å². The van der Waals surface area contributed by atoms with E-state index in [9.17, 15) is 18.9 Å². The van der Waals surface area contributed by atoms with Crippen LogP contribution in [-0.4, -0.2) is 20.6 Å². The van der Waals surface area contributed by atoms with Gasteiger partial charge in [0, 0.05) is 12.3 Å². The largest absolute Gasteiger partial charge is 0.464 e. The molecule has 0 aromatic carbocycles. The third-order valence-electron chi connectivity index (χ3n) is 1.14. The molecule has 0 saturated heterocycles. The van der Waals surface area contributed by atoms with Crippen molar-refractivity contribution in [2.24, 2.45) is 0 Å². The second-order valence-corrected chi connectivity index (χ2v) is 1.87. The molecule has 0 fully saturated rings. The lowest BCUT2D eigenvalue weighted by atomic mass is 10.6. The summed E-state index contributed by atoms with van der Waals surface area (Å²) in [6.45, 7) is 0. The molecule has 0 saturated carbocycles. The smallest absolute Gasteiger partial charge is 0.419 e. The Kier molecular flexibility index (Phi) is 1.78. The number of aromatic nitrogens is 2. The predicted octanol–water partition coefficient (Wildman–Crippen LogP) is -0.731. The SMILES string of the molecule is O=C(O)n1ccc(=O)n(F)c1=O. The van der Waals surface area contributed by atoms with E-state index in [2.05, 4.69) is 0 Å². The van der Waals surface area contributed by atoms with Crippen molar-refractivity contribution in [1.29, 1.82) is 0 Å². The predicted molar refractivity (Wildman–Crippen MR) is 34.9 cm³/mol. The minimum atomic E-state index is -1.65. The molecule has 0 atom stereocenters. The van der Waals surface area contributed by atoms with Gasteiger partial charge in [0.05, 0.1) is 0 Å². The lowest BCUT2D eigenvalue weighted by Gasteiger charge is -1.96. The van der Waals surface area contributed by atoms with E-state index in [0.717, 1.165) is 0 Å². The molecule has 1 heterocycles. The molecule has 0 aliphatic rings. The summed E-state index contributed by atoms with van der Waals surface area (Å²) in [5.41, 5.74) is -2.73. The maximum absolute atomic E-state index is 12.4. The summed E-state index contributed by atoms with van der Waals surface area (Å²) in [6.07, 6.45) is -0.963. The van der Waals surface area contributed by atoms with Crippen LogP contribution in [0, 0.1) is 0 Å². The van der Waals surface area contributed by atoms with Crippen molar-refractivity contribution in [1.82, 2.24) is 9.36 Å². The molecule has 0 aliphatic heterocycles. The number of carboxylic acid groups (broad SMARTS) is 1. The molecule has 0 amide bonds. The second kappa shape index (κ2) is 2.61. The van der Waals surface area contributed by atoms with Crippen molar-refractivity contribution in [2.75, 3.05) is 0 Å². The lowest BCUT2D eigenvalue weighted by Crippen LogP contribution is -2.37.